The van der Waals surface area contributed by atoms with E-state index in [1.807, 2.05) is 20.8 Å². The lowest BCUT2D eigenvalue weighted by Gasteiger charge is -2.33. The van der Waals surface area contributed by atoms with Crippen molar-refractivity contribution in [1.29, 1.82) is 0 Å². The first kappa shape index (κ1) is 18.1. The van der Waals surface area contributed by atoms with Gasteiger partial charge in [-0.25, -0.2) is 4.57 Å². The predicted molar refractivity (Wildman–Crippen MR) is 72.7 cm³/mol. The number of nitrogens with two attached hydrogens (primary N) is 1. The van der Waals surface area contributed by atoms with Crippen LogP contribution in [0.1, 0.15) is 53.9 Å². The highest BCUT2D eigenvalue weighted by molar-refractivity contribution is 7.46. The molecule has 0 aliphatic carbocycles. The van der Waals surface area contributed by atoms with Crippen LogP contribution in [0, 0.1) is 17.8 Å². The minimum Gasteiger partial charge on any atom is -0.303 e. The van der Waals surface area contributed by atoms with Gasteiger partial charge >= 0.3 is 7.82 Å². The molecule has 0 radical (unpaired) electrons. The molecule has 5 nitrogen and oxygen atoms in total. The third-order valence-corrected chi connectivity index (χ3v) is 3.22. The molecule has 0 aliphatic rings. The van der Waals surface area contributed by atoms with Gasteiger partial charge < -0.3 is 15.5 Å². The van der Waals surface area contributed by atoms with Gasteiger partial charge in [0.15, 0.2) is 0 Å². The van der Waals surface area contributed by atoms with Gasteiger partial charge in [0, 0.05) is 0 Å². The van der Waals surface area contributed by atoms with Crippen molar-refractivity contribution in [1.82, 2.24) is 0 Å². The molecule has 0 aromatic heterocycles. The van der Waals surface area contributed by atoms with E-state index >= 15 is 0 Å². The van der Waals surface area contributed by atoms with Crippen molar-refractivity contribution in [3.8, 4) is 0 Å². The van der Waals surface area contributed by atoms with Gasteiger partial charge in [-0.05, 0) is 37.0 Å². The molecule has 0 heterocycles. The maximum absolute atomic E-state index is 11.0. The van der Waals surface area contributed by atoms with Crippen LogP contribution in [0.4, 0.5) is 0 Å². The zero-order valence-electron chi connectivity index (χ0n) is 12.1. The zero-order chi connectivity index (χ0) is 14.6. The zero-order valence-corrected chi connectivity index (χ0v) is 13.0. The molecule has 0 bridgehead atoms. The van der Waals surface area contributed by atoms with E-state index in [0.717, 1.165) is 6.42 Å². The fraction of sp³-hybridized carbons (Fsp3) is 1.00. The monoisotopic (exact) mass is 281 g/mol. The highest BCUT2D eigenvalue weighted by Gasteiger charge is 2.36. The van der Waals surface area contributed by atoms with Crippen molar-refractivity contribution < 1.29 is 18.9 Å². The standard InChI is InChI=1S/C12H28NO4P/c1-9(2)6-11(5)8-12(13,7-10(3)4)17-18(14,15)16/h9-11H,6-8,13H2,1-5H3,(H2,14,15,16). The third kappa shape index (κ3) is 9.06. The van der Waals surface area contributed by atoms with E-state index in [0.29, 0.717) is 18.8 Å². The van der Waals surface area contributed by atoms with Crippen LogP contribution in [0.3, 0.4) is 0 Å². The smallest absolute Gasteiger partial charge is 0.303 e. The minimum absolute atomic E-state index is 0.216. The van der Waals surface area contributed by atoms with E-state index in [1.54, 1.807) is 0 Å². The number of hydrogen-bond acceptors (Lipinski definition) is 3. The maximum atomic E-state index is 11.0. The summed E-state index contributed by atoms with van der Waals surface area (Å²) in [6, 6.07) is 0. The highest BCUT2D eigenvalue weighted by atomic mass is 31.2. The Kier molecular flexibility index (Phi) is 7.04. The molecular weight excluding hydrogens is 253 g/mol. The molecule has 0 saturated carbocycles. The highest BCUT2D eigenvalue weighted by Crippen LogP contribution is 2.44. The lowest BCUT2D eigenvalue weighted by atomic mass is 9.87. The predicted octanol–water partition coefficient (Wildman–Crippen LogP) is 2.87. The topological polar surface area (TPSA) is 92.8 Å². The molecule has 0 spiro atoms. The van der Waals surface area contributed by atoms with E-state index in [-0.39, 0.29) is 11.8 Å². The summed E-state index contributed by atoms with van der Waals surface area (Å²) in [6.45, 7) is 10.2. The van der Waals surface area contributed by atoms with Crippen LogP contribution in [-0.4, -0.2) is 15.5 Å². The Labute approximate surface area is 110 Å². The van der Waals surface area contributed by atoms with Crippen LogP contribution in [0.5, 0.6) is 0 Å². The Morgan fingerprint density at radius 1 is 1.11 bits per heavy atom. The van der Waals surface area contributed by atoms with E-state index in [9.17, 15) is 4.57 Å². The Morgan fingerprint density at radius 2 is 1.61 bits per heavy atom. The summed E-state index contributed by atoms with van der Waals surface area (Å²) in [5, 5.41) is 0. The van der Waals surface area contributed by atoms with Crippen molar-refractivity contribution in [2.24, 2.45) is 23.5 Å². The summed E-state index contributed by atoms with van der Waals surface area (Å²) in [4.78, 5) is 17.9. The minimum atomic E-state index is -4.56. The number of phosphoric acid groups is 1. The number of hydrogen-bond donors (Lipinski definition) is 3. The van der Waals surface area contributed by atoms with Gasteiger partial charge in [0.2, 0.25) is 0 Å². The first-order valence-corrected chi connectivity index (χ1v) is 8.02. The fourth-order valence-electron chi connectivity index (χ4n) is 2.56. The number of rotatable bonds is 8. The van der Waals surface area contributed by atoms with Crippen molar-refractivity contribution in [2.45, 2.75) is 59.6 Å². The lowest BCUT2D eigenvalue weighted by molar-refractivity contribution is 0.00133. The van der Waals surface area contributed by atoms with Crippen molar-refractivity contribution >= 4 is 7.82 Å². The van der Waals surface area contributed by atoms with Crippen LogP contribution in [-0.2, 0) is 9.09 Å². The van der Waals surface area contributed by atoms with Crippen molar-refractivity contribution in [3.05, 3.63) is 0 Å². The van der Waals surface area contributed by atoms with Crippen LogP contribution < -0.4 is 5.73 Å². The van der Waals surface area contributed by atoms with Crippen LogP contribution in [0.15, 0.2) is 0 Å². The Balaban J connectivity index is 4.71. The summed E-state index contributed by atoms with van der Waals surface area (Å²) in [5.74, 6) is 1.01. The molecule has 6 heteroatoms. The average Bonchev–Trinajstić information content (AvgIpc) is 1.92. The third-order valence-electron chi connectivity index (χ3n) is 2.62. The van der Waals surface area contributed by atoms with Crippen LogP contribution >= 0.6 is 7.82 Å². The first-order valence-electron chi connectivity index (χ1n) is 6.48. The maximum Gasteiger partial charge on any atom is 0.471 e. The molecule has 0 rings (SSSR count). The van der Waals surface area contributed by atoms with Crippen molar-refractivity contribution in [3.63, 3.8) is 0 Å². The van der Waals surface area contributed by atoms with Gasteiger partial charge in [-0.2, -0.15) is 0 Å². The summed E-state index contributed by atoms with van der Waals surface area (Å²) in [5.41, 5.74) is 4.80. The van der Waals surface area contributed by atoms with Crippen LogP contribution in [0.25, 0.3) is 0 Å². The Morgan fingerprint density at radius 3 is 1.94 bits per heavy atom. The largest absolute Gasteiger partial charge is 0.471 e. The summed E-state index contributed by atoms with van der Waals surface area (Å²) in [7, 11) is -4.56. The molecule has 0 aromatic rings. The second-order valence-corrected chi connectivity index (χ2v) is 7.35. The summed E-state index contributed by atoms with van der Waals surface area (Å²) >= 11 is 0. The molecule has 18 heavy (non-hydrogen) atoms. The first-order chi connectivity index (χ1) is 7.93. The molecular formula is C12H28NO4P. The molecule has 0 amide bonds. The molecule has 4 N–H and O–H groups in total. The second-order valence-electron chi connectivity index (χ2n) is 6.18. The molecule has 110 valence electrons. The molecule has 0 fully saturated rings. The van der Waals surface area contributed by atoms with Crippen molar-refractivity contribution in [2.75, 3.05) is 0 Å². The molecule has 0 saturated heterocycles. The SMILES string of the molecule is CC(C)CC(C)CC(N)(CC(C)C)OP(=O)(O)O. The van der Waals surface area contributed by atoms with E-state index in [1.165, 1.54) is 0 Å². The quantitative estimate of drug-likeness (QED) is 0.470. The normalized spacial score (nSPS) is 18.1. The van der Waals surface area contributed by atoms with Gasteiger partial charge in [-0.15, -0.1) is 0 Å². The van der Waals surface area contributed by atoms with E-state index < -0.39 is 13.5 Å². The summed E-state index contributed by atoms with van der Waals surface area (Å²) in [6.07, 6.45) is 1.84. The molecule has 0 aliphatic heterocycles. The van der Waals surface area contributed by atoms with Gasteiger partial charge in [0.1, 0.15) is 5.72 Å². The Bertz CT molecular complexity index is 290. The van der Waals surface area contributed by atoms with E-state index in [2.05, 4.69) is 13.8 Å². The van der Waals surface area contributed by atoms with Gasteiger partial charge in [-0.3, -0.25) is 4.52 Å². The lowest BCUT2D eigenvalue weighted by Crippen LogP contribution is -2.44. The molecule has 0 aromatic carbocycles. The molecule has 2 unspecified atom stereocenters. The van der Waals surface area contributed by atoms with Gasteiger partial charge in [-0.1, -0.05) is 34.6 Å². The van der Waals surface area contributed by atoms with Gasteiger partial charge in [0.25, 0.3) is 0 Å². The second kappa shape index (κ2) is 7.01. The van der Waals surface area contributed by atoms with E-state index in [4.69, 9.17) is 20.0 Å². The average molecular weight is 281 g/mol. The van der Waals surface area contributed by atoms with Crippen LogP contribution in [0.2, 0.25) is 0 Å². The fourth-order valence-corrected chi connectivity index (χ4v) is 3.19. The summed E-state index contributed by atoms with van der Waals surface area (Å²) < 4.78 is 15.9. The Hall–Kier alpha value is 0.0700. The molecule has 2 atom stereocenters. The van der Waals surface area contributed by atoms with Gasteiger partial charge in [0.05, 0.1) is 0 Å². The number of phosphoric ester groups is 1.